The second-order valence-electron chi connectivity index (χ2n) is 8.20. The predicted octanol–water partition coefficient (Wildman–Crippen LogP) is 3.54. The fourth-order valence-corrected chi connectivity index (χ4v) is 4.25. The van der Waals surface area contributed by atoms with E-state index in [0.29, 0.717) is 29.0 Å². The Balaban J connectivity index is 0.000000586. The molecule has 0 spiro atoms. The van der Waals surface area contributed by atoms with Gasteiger partial charge in [-0.1, -0.05) is 29.8 Å². The van der Waals surface area contributed by atoms with Crippen LogP contribution in [0.2, 0.25) is 5.02 Å². The van der Waals surface area contributed by atoms with Crippen LogP contribution in [0.25, 0.3) is 16.9 Å². The third kappa shape index (κ3) is 6.02. The van der Waals surface area contributed by atoms with Gasteiger partial charge in [0.05, 0.1) is 34.4 Å². The zero-order valence-corrected chi connectivity index (χ0v) is 21.1. The molecule has 2 aromatic heterocycles. The Morgan fingerprint density at radius 1 is 1.11 bits per heavy atom. The zero-order valence-electron chi connectivity index (χ0n) is 19.6. The van der Waals surface area contributed by atoms with E-state index in [-0.39, 0.29) is 11.6 Å². The van der Waals surface area contributed by atoms with Gasteiger partial charge in [-0.2, -0.15) is 13.5 Å². The van der Waals surface area contributed by atoms with Crippen molar-refractivity contribution in [2.45, 2.75) is 12.8 Å². The average molecular weight is 540 g/mol. The lowest BCUT2D eigenvalue weighted by Crippen LogP contribution is -2.15. The lowest BCUT2D eigenvalue weighted by molar-refractivity contribution is 0.0992. The number of amides is 2. The molecule has 2 amide bonds. The summed E-state index contributed by atoms with van der Waals surface area (Å²) in [7, 11) is -3.67. The second kappa shape index (κ2) is 10.5. The van der Waals surface area contributed by atoms with E-state index in [2.05, 4.69) is 15.4 Å². The molecule has 0 bridgehead atoms. The van der Waals surface area contributed by atoms with Crippen LogP contribution < -0.4 is 11.1 Å². The van der Waals surface area contributed by atoms with Gasteiger partial charge in [-0.15, -0.1) is 0 Å². The van der Waals surface area contributed by atoms with E-state index in [9.17, 15) is 18.0 Å². The number of carbonyl (C=O) groups is 2. The molecule has 0 saturated heterocycles. The van der Waals surface area contributed by atoms with Crippen molar-refractivity contribution in [3.63, 3.8) is 0 Å². The van der Waals surface area contributed by atoms with Crippen LogP contribution in [0.1, 0.15) is 32.0 Å². The maximum absolute atomic E-state index is 12.7. The molecule has 0 aliphatic heterocycles. The summed E-state index contributed by atoms with van der Waals surface area (Å²) in [6.45, 7) is 0. The predicted molar refractivity (Wildman–Crippen MR) is 140 cm³/mol. The van der Waals surface area contributed by atoms with Gasteiger partial charge >= 0.3 is 0 Å². The fourth-order valence-electron chi connectivity index (χ4n) is 4.02. The summed E-state index contributed by atoms with van der Waals surface area (Å²) in [6.07, 6.45) is 5.44. The topological polar surface area (TPSA) is 157 Å². The highest BCUT2D eigenvalue weighted by Gasteiger charge is 2.28. The van der Waals surface area contributed by atoms with E-state index in [4.69, 9.17) is 21.9 Å². The van der Waals surface area contributed by atoms with Crippen LogP contribution in [0.5, 0.6) is 0 Å². The standard InChI is InChI=1S/C24H18ClN5O2.CH4O3S/c25-20-6-2-1-5-17(20)24(32)28-15-9-7-14-8-10-18-21(23(26)31)29-30(22(18)19(14)12-15)16-4-3-11-27-13-16;1-5(2,3)4/h1-7,9,11-13H,8,10H2,(H2,26,31)(H,28,32);1H3,(H,2,3,4). The van der Waals surface area contributed by atoms with Gasteiger partial charge in [-0.3, -0.25) is 19.1 Å². The van der Waals surface area contributed by atoms with Gasteiger partial charge in [0.1, 0.15) is 0 Å². The van der Waals surface area contributed by atoms with Gasteiger partial charge < -0.3 is 11.1 Å². The van der Waals surface area contributed by atoms with Crippen molar-refractivity contribution in [2.75, 3.05) is 11.6 Å². The van der Waals surface area contributed by atoms with Crippen molar-refractivity contribution < 1.29 is 22.6 Å². The highest BCUT2D eigenvalue weighted by molar-refractivity contribution is 7.85. The molecule has 12 heteroatoms. The SMILES string of the molecule is CS(=O)(=O)O.NC(=O)c1nn(-c2cccnc2)c2c1CCc1ccc(NC(=O)c3ccccc3Cl)cc1-2. The summed E-state index contributed by atoms with van der Waals surface area (Å²) in [5.41, 5.74) is 11.1. The molecule has 37 heavy (non-hydrogen) atoms. The van der Waals surface area contributed by atoms with Crippen molar-refractivity contribution in [3.8, 4) is 16.9 Å². The first kappa shape index (κ1) is 26.0. The normalized spacial score (nSPS) is 12.0. The lowest BCUT2D eigenvalue weighted by atomic mass is 9.88. The largest absolute Gasteiger partial charge is 0.364 e. The number of aryl methyl sites for hydroxylation is 1. The minimum Gasteiger partial charge on any atom is -0.364 e. The van der Waals surface area contributed by atoms with Gasteiger partial charge in [0.2, 0.25) is 0 Å². The number of nitrogens with two attached hydrogens (primary N) is 1. The Kier molecular flexibility index (Phi) is 7.39. The molecule has 4 aromatic rings. The number of carbonyl (C=O) groups excluding carboxylic acids is 2. The maximum Gasteiger partial charge on any atom is 0.269 e. The number of halogens is 1. The first-order chi connectivity index (χ1) is 17.5. The number of benzene rings is 2. The van der Waals surface area contributed by atoms with Gasteiger partial charge in [0.15, 0.2) is 5.69 Å². The van der Waals surface area contributed by atoms with Crippen LogP contribution in [0.3, 0.4) is 0 Å². The number of hydrogen-bond donors (Lipinski definition) is 3. The lowest BCUT2D eigenvalue weighted by Gasteiger charge is -2.20. The number of anilines is 1. The van der Waals surface area contributed by atoms with Crippen molar-refractivity contribution in [1.29, 1.82) is 0 Å². The summed E-state index contributed by atoms with van der Waals surface area (Å²) in [5.74, 6) is -0.874. The summed E-state index contributed by atoms with van der Waals surface area (Å²) in [4.78, 5) is 29.0. The number of fused-ring (bicyclic) bond motifs is 3. The third-order valence-corrected chi connectivity index (χ3v) is 5.82. The Bertz CT molecular complexity index is 1600. The molecule has 2 heterocycles. The van der Waals surface area contributed by atoms with Crippen LogP contribution in [-0.2, 0) is 23.0 Å². The van der Waals surface area contributed by atoms with Gasteiger partial charge in [0.25, 0.3) is 21.9 Å². The molecule has 190 valence electrons. The van der Waals surface area contributed by atoms with E-state index in [0.717, 1.165) is 34.5 Å². The fraction of sp³-hybridized carbons (Fsp3) is 0.120. The molecule has 10 nitrogen and oxygen atoms in total. The Morgan fingerprint density at radius 3 is 2.49 bits per heavy atom. The average Bonchev–Trinajstić information content (AvgIpc) is 3.24. The Morgan fingerprint density at radius 2 is 1.84 bits per heavy atom. The summed E-state index contributed by atoms with van der Waals surface area (Å²) in [6, 6.07) is 16.3. The Hall–Kier alpha value is -4.06. The molecule has 0 fully saturated rings. The second-order valence-corrected chi connectivity index (χ2v) is 10.1. The molecule has 0 atom stereocenters. The molecular formula is C25H22ClN5O5S. The number of primary amides is 1. The number of aromatic nitrogens is 3. The minimum atomic E-state index is -3.67. The van der Waals surface area contributed by atoms with Crippen molar-refractivity contribution in [1.82, 2.24) is 14.8 Å². The number of rotatable bonds is 4. The van der Waals surface area contributed by atoms with Crippen molar-refractivity contribution in [3.05, 3.63) is 94.4 Å². The molecule has 0 unspecified atom stereocenters. The smallest absolute Gasteiger partial charge is 0.269 e. The van der Waals surface area contributed by atoms with E-state index in [1.807, 2.05) is 24.3 Å². The van der Waals surface area contributed by atoms with Crippen LogP contribution in [0.4, 0.5) is 5.69 Å². The minimum absolute atomic E-state index is 0.250. The first-order valence-corrected chi connectivity index (χ1v) is 13.2. The summed E-state index contributed by atoms with van der Waals surface area (Å²) >= 11 is 6.17. The molecular weight excluding hydrogens is 518 g/mol. The molecule has 4 N–H and O–H groups in total. The zero-order chi connectivity index (χ0) is 26.7. The highest BCUT2D eigenvalue weighted by atomic mass is 35.5. The van der Waals surface area contributed by atoms with Crippen LogP contribution in [0.15, 0.2) is 67.0 Å². The van der Waals surface area contributed by atoms with Gasteiger partial charge in [-0.25, -0.2) is 4.68 Å². The van der Waals surface area contributed by atoms with Gasteiger partial charge in [-0.05, 0) is 54.8 Å². The molecule has 5 rings (SSSR count). The number of hydrogen-bond acceptors (Lipinski definition) is 6. The molecule has 0 saturated carbocycles. The molecule has 2 aromatic carbocycles. The van der Waals surface area contributed by atoms with Crippen molar-refractivity contribution in [2.24, 2.45) is 5.73 Å². The summed E-state index contributed by atoms with van der Waals surface area (Å²) < 4.78 is 27.6. The first-order valence-electron chi connectivity index (χ1n) is 11.0. The van der Waals surface area contributed by atoms with Crippen LogP contribution >= 0.6 is 11.6 Å². The Labute approximate surface area is 217 Å². The van der Waals surface area contributed by atoms with E-state index in [1.54, 1.807) is 47.4 Å². The number of nitrogens with one attached hydrogen (secondary N) is 1. The molecule has 1 aliphatic rings. The number of nitrogens with zero attached hydrogens (tertiary/aromatic N) is 3. The number of pyridine rings is 1. The summed E-state index contributed by atoms with van der Waals surface area (Å²) in [5, 5.41) is 7.80. The van der Waals surface area contributed by atoms with Gasteiger partial charge in [0, 0.05) is 23.0 Å². The quantitative estimate of drug-likeness (QED) is 0.335. The maximum atomic E-state index is 12.7. The monoisotopic (exact) mass is 539 g/mol. The highest BCUT2D eigenvalue weighted by Crippen LogP contribution is 2.38. The molecule has 1 aliphatic carbocycles. The van der Waals surface area contributed by atoms with Crippen LogP contribution in [-0.4, -0.2) is 45.8 Å². The van der Waals surface area contributed by atoms with Crippen molar-refractivity contribution >= 4 is 39.2 Å². The van der Waals surface area contributed by atoms with E-state index in [1.165, 1.54) is 0 Å². The van der Waals surface area contributed by atoms with E-state index >= 15 is 0 Å². The van der Waals surface area contributed by atoms with Crippen LogP contribution in [0, 0.1) is 0 Å². The molecule has 0 radical (unpaired) electrons. The van der Waals surface area contributed by atoms with E-state index < -0.39 is 16.0 Å². The third-order valence-electron chi connectivity index (χ3n) is 5.49.